The van der Waals surface area contributed by atoms with Crippen molar-refractivity contribution in [3.8, 4) is 0 Å². The van der Waals surface area contributed by atoms with Gasteiger partial charge in [-0.15, -0.1) is 15.6 Å². The zero-order valence-electron chi connectivity index (χ0n) is 7.73. The fourth-order valence-electron chi connectivity index (χ4n) is 1.03. The van der Waals surface area contributed by atoms with Crippen LogP contribution in [0.15, 0.2) is 29.2 Å². The Balaban J connectivity index is 2.61. The van der Waals surface area contributed by atoms with Crippen LogP contribution in [0.25, 0.3) is 0 Å². The minimum absolute atomic E-state index is 0.230. The summed E-state index contributed by atoms with van der Waals surface area (Å²) in [7, 11) is -4.34. The highest BCUT2D eigenvalue weighted by Gasteiger charge is 2.06. The molecule has 0 saturated heterocycles. The highest BCUT2D eigenvalue weighted by atomic mass is 32.3. The van der Waals surface area contributed by atoms with Crippen molar-refractivity contribution in [2.24, 2.45) is 0 Å². The summed E-state index contributed by atoms with van der Waals surface area (Å²) in [5.74, 6) is -0.439. The van der Waals surface area contributed by atoms with Gasteiger partial charge in [0, 0.05) is 4.90 Å². The summed E-state index contributed by atoms with van der Waals surface area (Å²) in [5.41, 5.74) is 0.837. The summed E-state index contributed by atoms with van der Waals surface area (Å²) in [6.07, 6.45) is 2.19. The third kappa shape index (κ3) is 4.11. The predicted octanol–water partition coefficient (Wildman–Crippen LogP) is 2.25. The van der Waals surface area contributed by atoms with Crippen LogP contribution in [-0.2, 0) is 16.6 Å². The quantitative estimate of drug-likeness (QED) is 0.592. The molecule has 0 aliphatic heterocycles. The van der Waals surface area contributed by atoms with Gasteiger partial charge in [0.1, 0.15) is 0 Å². The normalized spacial score (nSPS) is 11.6. The molecule has 0 fully saturated rings. The van der Waals surface area contributed by atoms with E-state index < -0.39 is 16.0 Å². The number of benzene rings is 1. The smallest absolute Gasteiger partial charge is 0.195 e. The van der Waals surface area contributed by atoms with Gasteiger partial charge in [0.2, 0.25) is 0 Å². The molecule has 0 unspecified atom stereocenters. The van der Waals surface area contributed by atoms with Crippen LogP contribution in [0.2, 0.25) is 0 Å². The predicted molar refractivity (Wildman–Crippen MR) is 56.8 cm³/mol. The molecule has 0 radical (unpaired) electrons. The Morgan fingerprint density at radius 2 is 1.86 bits per heavy atom. The van der Waals surface area contributed by atoms with E-state index in [4.69, 9.17) is 0 Å². The zero-order valence-corrected chi connectivity index (χ0v) is 9.37. The molecule has 0 aromatic heterocycles. The number of rotatable bonds is 4. The Labute approximate surface area is 87.7 Å². The van der Waals surface area contributed by atoms with Crippen LogP contribution < -0.4 is 0 Å². The van der Waals surface area contributed by atoms with Gasteiger partial charge in [-0.2, -0.15) is 8.42 Å². The summed E-state index contributed by atoms with van der Waals surface area (Å²) in [4.78, 5) is 1.11. The van der Waals surface area contributed by atoms with E-state index in [2.05, 4.69) is 0 Å². The molecule has 0 aliphatic rings. The number of halogens is 1. The minimum Gasteiger partial charge on any atom is -0.195 e. The van der Waals surface area contributed by atoms with E-state index in [1.807, 2.05) is 30.5 Å². The van der Waals surface area contributed by atoms with Crippen LogP contribution >= 0.6 is 11.8 Å². The Morgan fingerprint density at radius 3 is 2.29 bits per heavy atom. The van der Waals surface area contributed by atoms with Gasteiger partial charge < -0.3 is 0 Å². The van der Waals surface area contributed by atoms with E-state index in [1.54, 1.807) is 11.8 Å². The summed E-state index contributed by atoms with van der Waals surface area (Å²) in [6.45, 7) is 0. The highest BCUT2D eigenvalue weighted by Crippen LogP contribution is 2.15. The SMILES string of the molecule is CSc1ccc(CCS(=O)(=O)F)cc1. The van der Waals surface area contributed by atoms with Crippen molar-refractivity contribution in [3.63, 3.8) is 0 Å². The first-order valence-electron chi connectivity index (χ1n) is 4.06. The third-order valence-electron chi connectivity index (χ3n) is 1.79. The van der Waals surface area contributed by atoms with Crippen molar-refractivity contribution in [2.45, 2.75) is 11.3 Å². The molecule has 0 bridgehead atoms. The molecule has 0 N–H and O–H groups in total. The Hall–Kier alpha value is -0.550. The van der Waals surface area contributed by atoms with Crippen LogP contribution in [-0.4, -0.2) is 20.4 Å². The maximum absolute atomic E-state index is 12.2. The van der Waals surface area contributed by atoms with Crippen molar-refractivity contribution in [1.29, 1.82) is 0 Å². The maximum Gasteiger partial charge on any atom is 0.302 e. The van der Waals surface area contributed by atoms with Crippen molar-refractivity contribution in [3.05, 3.63) is 29.8 Å². The molecule has 0 spiro atoms. The molecule has 0 heterocycles. The monoisotopic (exact) mass is 234 g/mol. The lowest BCUT2D eigenvalue weighted by molar-refractivity contribution is 0.551. The van der Waals surface area contributed by atoms with Gasteiger partial charge in [0.15, 0.2) is 0 Å². The van der Waals surface area contributed by atoms with Crippen molar-refractivity contribution in [1.82, 2.24) is 0 Å². The number of hydrogen-bond acceptors (Lipinski definition) is 3. The van der Waals surface area contributed by atoms with Gasteiger partial charge >= 0.3 is 10.2 Å². The second-order valence-electron chi connectivity index (χ2n) is 2.84. The van der Waals surface area contributed by atoms with Crippen molar-refractivity contribution < 1.29 is 12.3 Å². The Morgan fingerprint density at radius 1 is 1.29 bits per heavy atom. The van der Waals surface area contributed by atoms with E-state index in [0.717, 1.165) is 10.5 Å². The number of hydrogen-bond donors (Lipinski definition) is 0. The Bertz CT molecular complexity index is 384. The molecule has 2 nitrogen and oxygen atoms in total. The first-order valence-corrected chi connectivity index (χ1v) is 6.84. The summed E-state index contributed by atoms with van der Waals surface area (Å²) >= 11 is 1.61. The van der Waals surface area contributed by atoms with Crippen LogP contribution in [0.1, 0.15) is 5.56 Å². The van der Waals surface area contributed by atoms with Gasteiger partial charge in [-0.1, -0.05) is 12.1 Å². The molecule has 0 saturated carbocycles. The van der Waals surface area contributed by atoms with E-state index in [1.165, 1.54) is 0 Å². The second kappa shape index (κ2) is 4.79. The molecule has 1 aromatic carbocycles. The van der Waals surface area contributed by atoms with E-state index in [9.17, 15) is 12.3 Å². The van der Waals surface area contributed by atoms with Crippen LogP contribution in [0.5, 0.6) is 0 Å². The lowest BCUT2D eigenvalue weighted by atomic mass is 10.2. The Kier molecular flexibility index (Phi) is 3.95. The first kappa shape index (κ1) is 11.5. The lowest BCUT2D eigenvalue weighted by Gasteiger charge is -2.00. The maximum atomic E-state index is 12.2. The largest absolute Gasteiger partial charge is 0.302 e. The van der Waals surface area contributed by atoms with Crippen LogP contribution in [0, 0.1) is 0 Å². The molecule has 14 heavy (non-hydrogen) atoms. The van der Waals surface area contributed by atoms with Gasteiger partial charge in [0.25, 0.3) is 0 Å². The fourth-order valence-corrected chi connectivity index (χ4v) is 1.92. The fraction of sp³-hybridized carbons (Fsp3) is 0.333. The molecule has 5 heteroatoms. The third-order valence-corrected chi connectivity index (χ3v) is 3.23. The molecule has 0 aliphatic carbocycles. The van der Waals surface area contributed by atoms with Gasteiger partial charge in [0.05, 0.1) is 5.75 Å². The molecule has 0 atom stereocenters. The van der Waals surface area contributed by atoms with E-state index in [-0.39, 0.29) is 6.42 Å². The molecule has 1 aromatic rings. The summed E-state index contributed by atoms with van der Waals surface area (Å²) in [5, 5.41) is 0. The molecular weight excluding hydrogens is 223 g/mol. The topological polar surface area (TPSA) is 34.1 Å². The molecule has 1 rings (SSSR count). The van der Waals surface area contributed by atoms with E-state index >= 15 is 0 Å². The molecule has 0 amide bonds. The second-order valence-corrected chi connectivity index (χ2v) is 5.21. The van der Waals surface area contributed by atoms with Crippen molar-refractivity contribution in [2.75, 3.05) is 12.0 Å². The summed E-state index contributed by atoms with van der Waals surface area (Å²) in [6, 6.07) is 7.42. The van der Waals surface area contributed by atoms with Crippen molar-refractivity contribution >= 4 is 22.0 Å². The van der Waals surface area contributed by atoms with Crippen LogP contribution in [0.4, 0.5) is 3.89 Å². The van der Waals surface area contributed by atoms with E-state index in [0.29, 0.717) is 0 Å². The number of aryl methyl sites for hydroxylation is 1. The van der Waals surface area contributed by atoms with Gasteiger partial charge in [-0.25, -0.2) is 0 Å². The highest BCUT2D eigenvalue weighted by molar-refractivity contribution is 7.98. The zero-order chi connectivity index (χ0) is 10.6. The standard InChI is InChI=1S/C9H11FO2S2/c1-13-9-4-2-8(3-5-9)6-7-14(10,11)12/h2-5H,6-7H2,1H3. The molecular formula is C9H11FO2S2. The average molecular weight is 234 g/mol. The minimum atomic E-state index is -4.34. The summed E-state index contributed by atoms with van der Waals surface area (Å²) < 4.78 is 32.7. The van der Waals surface area contributed by atoms with Crippen LogP contribution in [0.3, 0.4) is 0 Å². The molecule has 78 valence electrons. The first-order chi connectivity index (χ1) is 6.51. The number of thioether (sulfide) groups is 1. The van der Waals surface area contributed by atoms with Gasteiger partial charge in [-0.05, 0) is 30.4 Å². The average Bonchev–Trinajstić information content (AvgIpc) is 2.14. The lowest BCUT2D eigenvalue weighted by Crippen LogP contribution is -2.01. The van der Waals surface area contributed by atoms with Gasteiger partial charge in [-0.3, -0.25) is 0 Å².